The molecule has 0 aliphatic rings. The fraction of sp³-hybridized carbons (Fsp3) is 0.182. The first-order valence-corrected chi connectivity index (χ1v) is 9.42. The molecule has 1 aromatic heterocycles. The molecule has 0 aliphatic carbocycles. The Bertz CT molecular complexity index is 980. The Labute approximate surface area is 174 Å². The molecule has 0 unspecified atom stereocenters. The Hall–Kier alpha value is -3.65. The van der Waals surface area contributed by atoms with Crippen molar-refractivity contribution in [1.29, 1.82) is 0 Å². The van der Waals surface area contributed by atoms with Gasteiger partial charge < -0.3 is 25.8 Å². The second-order valence-electron chi connectivity index (χ2n) is 6.34. The van der Waals surface area contributed by atoms with E-state index in [9.17, 15) is 4.39 Å². The molecule has 156 valence electrons. The van der Waals surface area contributed by atoms with Crippen LogP contribution in [0.25, 0.3) is 0 Å². The predicted molar refractivity (Wildman–Crippen MR) is 116 cm³/mol. The summed E-state index contributed by atoms with van der Waals surface area (Å²) in [5.74, 6) is 0.534. The quantitative estimate of drug-likeness (QED) is 0.433. The topological polar surface area (TPSA) is 94.3 Å². The highest BCUT2D eigenvalue weighted by Crippen LogP contribution is 2.22. The molecule has 0 spiro atoms. The number of benzene rings is 2. The highest BCUT2D eigenvalue weighted by molar-refractivity contribution is 5.61. The van der Waals surface area contributed by atoms with Gasteiger partial charge >= 0.3 is 0 Å². The van der Waals surface area contributed by atoms with Crippen molar-refractivity contribution < 1.29 is 13.9 Å². The third-order valence-corrected chi connectivity index (χ3v) is 4.09. The van der Waals surface area contributed by atoms with Gasteiger partial charge in [0.05, 0.1) is 12.8 Å². The molecule has 0 saturated heterocycles. The summed E-state index contributed by atoms with van der Waals surface area (Å²) in [6.45, 7) is 0.995. The number of nitrogens with zero attached hydrogens (tertiary/aromatic N) is 2. The Balaban J connectivity index is 1.68. The third-order valence-electron chi connectivity index (χ3n) is 4.09. The highest BCUT2D eigenvalue weighted by Gasteiger charge is 2.08. The van der Waals surface area contributed by atoms with Crippen molar-refractivity contribution in [3.05, 3.63) is 78.4 Å². The van der Waals surface area contributed by atoms with Gasteiger partial charge in [0.1, 0.15) is 12.4 Å². The van der Waals surface area contributed by atoms with Crippen LogP contribution in [-0.2, 0) is 11.2 Å². The number of halogens is 1. The molecule has 1 heterocycles. The van der Waals surface area contributed by atoms with E-state index >= 15 is 0 Å². The Kier molecular flexibility index (Phi) is 7.57. The average molecular weight is 409 g/mol. The minimum atomic E-state index is -0.547. The number of hydrogen-bond acceptors (Lipinski definition) is 7. The van der Waals surface area contributed by atoms with Crippen LogP contribution in [0.4, 0.5) is 27.5 Å². The minimum Gasteiger partial charge on any atom is -0.491 e. The van der Waals surface area contributed by atoms with Crippen molar-refractivity contribution in [2.45, 2.75) is 6.42 Å². The lowest BCUT2D eigenvalue weighted by molar-refractivity contribution is 0.146. The molecule has 0 bridgehead atoms. The molecule has 30 heavy (non-hydrogen) atoms. The maximum absolute atomic E-state index is 14.2. The smallest absolute Gasteiger partial charge is 0.229 e. The van der Waals surface area contributed by atoms with Crippen molar-refractivity contribution in [2.75, 3.05) is 31.0 Å². The number of nitrogens with one attached hydrogen (secondary N) is 2. The van der Waals surface area contributed by atoms with Gasteiger partial charge in [-0.2, -0.15) is 4.98 Å². The molecular weight excluding hydrogens is 385 g/mol. The summed E-state index contributed by atoms with van der Waals surface area (Å²) in [7, 11) is 1.62. The Morgan fingerprint density at radius 2 is 1.90 bits per heavy atom. The summed E-state index contributed by atoms with van der Waals surface area (Å²) >= 11 is 0. The maximum Gasteiger partial charge on any atom is 0.229 e. The van der Waals surface area contributed by atoms with Crippen LogP contribution >= 0.6 is 0 Å². The molecule has 8 heteroatoms. The zero-order valence-corrected chi connectivity index (χ0v) is 16.6. The second kappa shape index (κ2) is 10.8. The highest BCUT2D eigenvalue weighted by atomic mass is 19.1. The molecule has 2 aromatic carbocycles. The van der Waals surface area contributed by atoms with Gasteiger partial charge in [-0.15, -0.1) is 0 Å². The minimum absolute atomic E-state index is 0.0820. The summed E-state index contributed by atoms with van der Waals surface area (Å²) in [4.78, 5) is 8.26. The van der Waals surface area contributed by atoms with Gasteiger partial charge in [0.15, 0.2) is 11.6 Å². The van der Waals surface area contributed by atoms with Crippen LogP contribution in [0.1, 0.15) is 5.56 Å². The monoisotopic (exact) mass is 409 g/mol. The fourth-order valence-corrected chi connectivity index (χ4v) is 2.64. The molecule has 7 nitrogen and oxygen atoms in total. The van der Waals surface area contributed by atoms with E-state index in [2.05, 4.69) is 20.6 Å². The lowest BCUT2D eigenvalue weighted by atomic mass is 10.1. The van der Waals surface area contributed by atoms with Crippen LogP contribution in [0.5, 0.6) is 5.75 Å². The number of allylic oxidation sites excluding steroid dienone is 1. The van der Waals surface area contributed by atoms with E-state index in [1.54, 1.807) is 7.11 Å². The van der Waals surface area contributed by atoms with E-state index in [0.717, 1.165) is 28.9 Å². The molecule has 3 rings (SSSR count). The molecule has 0 amide bonds. The summed E-state index contributed by atoms with van der Waals surface area (Å²) in [6, 6.07) is 14.9. The van der Waals surface area contributed by atoms with Crippen molar-refractivity contribution in [1.82, 2.24) is 9.97 Å². The predicted octanol–water partition coefficient (Wildman–Crippen LogP) is 4.14. The molecule has 4 N–H and O–H groups in total. The van der Waals surface area contributed by atoms with Crippen molar-refractivity contribution in [3.63, 3.8) is 0 Å². The number of ether oxygens (including phenoxy) is 2. The molecule has 0 aliphatic heterocycles. The van der Waals surface area contributed by atoms with Crippen LogP contribution < -0.4 is 21.1 Å². The fourth-order valence-electron chi connectivity index (χ4n) is 2.64. The number of methoxy groups -OCH3 is 1. The van der Waals surface area contributed by atoms with Gasteiger partial charge in [0.25, 0.3) is 0 Å². The summed E-state index contributed by atoms with van der Waals surface area (Å²) in [6.07, 6.45) is 5.16. The molecule has 0 atom stereocenters. The summed E-state index contributed by atoms with van der Waals surface area (Å²) in [5.41, 5.74) is 7.91. The van der Waals surface area contributed by atoms with Gasteiger partial charge in [0, 0.05) is 18.5 Å². The van der Waals surface area contributed by atoms with E-state index < -0.39 is 5.82 Å². The third kappa shape index (κ3) is 6.18. The van der Waals surface area contributed by atoms with Crippen LogP contribution in [0, 0.1) is 5.82 Å². The summed E-state index contributed by atoms with van der Waals surface area (Å²) < 4.78 is 24.7. The lowest BCUT2D eigenvalue weighted by Gasteiger charge is -2.11. The lowest BCUT2D eigenvalue weighted by Crippen LogP contribution is -2.05. The first-order chi connectivity index (χ1) is 14.7. The molecule has 3 aromatic rings. The van der Waals surface area contributed by atoms with Crippen LogP contribution in [0.15, 0.2) is 67.0 Å². The number of nitrogens with two attached hydrogens (primary N) is 1. The van der Waals surface area contributed by atoms with Gasteiger partial charge in [0.2, 0.25) is 5.95 Å². The first kappa shape index (κ1) is 21.1. The van der Waals surface area contributed by atoms with Crippen LogP contribution in [0.2, 0.25) is 0 Å². The zero-order valence-electron chi connectivity index (χ0n) is 16.6. The average Bonchev–Trinajstić information content (AvgIpc) is 2.76. The number of hydrogen-bond donors (Lipinski definition) is 3. The Morgan fingerprint density at radius 1 is 1.07 bits per heavy atom. The van der Waals surface area contributed by atoms with E-state index in [1.165, 1.54) is 6.20 Å². The molecule has 0 radical (unpaired) electrons. The van der Waals surface area contributed by atoms with Gasteiger partial charge in [-0.25, -0.2) is 9.37 Å². The van der Waals surface area contributed by atoms with Gasteiger partial charge in [-0.05, 0) is 54.6 Å². The van der Waals surface area contributed by atoms with Crippen LogP contribution in [0.3, 0.4) is 0 Å². The van der Waals surface area contributed by atoms with Gasteiger partial charge in [-0.1, -0.05) is 18.2 Å². The number of rotatable bonds is 10. The zero-order chi connectivity index (χ0) is 21.2. The SMILES string of the molecule is COCCOc1ccc(Nc2ncc(F)c(Nc3cccc(CC=CN)c3)n2)cc1. The van der Waals surface area contributed by atoms with Gasteiger partial charge in [-0.3, -0.25) is 0 Å². The number of anilines is 4. The second-order valence-corrected chi connectivity index (χ2v) is 6.34. The standard InChI is InChI=1S/C22H24FN5O2/c1-29-12-13-30-19-9-7-17(8-10-19)27-22-25-15-20(23)21(28-22)26-18-6-2-4-16(14-18)5-3-11-24/h2-4,6-11,14-15H,5,12-13,24H2,1H3,(H2,25,26,27,28). The first-order valence-electron chi connectivity index (χ1n) is 9.42. The Morgan fingerprint density at radius 3 is 2.67 bits per heavy atom. The normalized spacial score (nSPS) is 10.9. The largest absolute Gasteiger partial charge is 0.491 e. The molecule has 0 fully saturated rings. The van der Waals surface area contributed by atoms with Crippen molar-refractivity contribution >= 4 is 23.1 Å². The van der Waals surface area contributed by atoms with E-state index in [4.69, 9.17) is 15.2 Å². The number of aromatic nitrogens is 2. The van der Waals surface area contributed by atoms with Crippen LogP contribution in [-0.4, -0.2) is 30.3 Å². The maximum atomic E-state index is 14.2. The molecule has 0 saturated carbocycles. The molecular formula is C22H24FN5O2. The van der Waals surface area contributed by atoms with E-state index in [1.807, 2.05) is 54.6 Å². The van der Waals surface area contributed by atoms with Crippen molar-refractivity contribution in [2.24, 2.45) is 5.73 Å². The van der Waals surface area contributed by atoms with Crippen molar-refractivity contribution in [3.8, 4) is 5.75 Å². The van der Waals surface area contributed by atoms with E-state index in [0.29, 0.717) is 19.6 Å². The summed E-state index contributed by atoms with van der Waals surface area (Å²) in [5, 5.41) is 6.06. The van der Waals surface area contributed by atoms with E-state index in [-0.39, 0.29) is 11.8 Å².